The highest BCUT2D eigenvalue weighted by atomic mass is 79.9. The van der Waals surface area contributed by atoms with Gasteiger partial charge in [-0.05, 0) is 25.0 Å². The minimum absolute atomic E-state index is 0.00684. The molecule has 2 rings (SSSR count). The minimum atomic E-state index is -0.461. The van der Waals surface area contributed by atoms with E-state index in [0.717, 1.165) is 18.4 Å². The first kappa shape index (κ1) is 15.5. The van der Waals surface area contributed by atoms with E-state index in [1.807, 2.05) is 19.1 Å². The number of halogens is 2. The van der Waals surface area contributed by atoms with Crippen LogP contribution in [0.25, 0.3) is 10.9 Å². The number of benzene rings is 1. The number of hydrogen-bond acceptors (Lipinski definition) is 4. The molecule has 0 aliphatic carbocycles. The van der Waals surface area contributed by atoms with E-state index in [-0.39, 0.29) is 6.08 Å². The molecule has 0 amide bonds. The second kappa shape index (κ2) is 6.26. The summed E-state index contributed by atoms with van der Waals surface area (Å²) >= 11 is 7.26. The van der Waals surface area contributed by atoms with Crippen LogP contribution < -0.4 is 10.4 Å². The Morgan fingerprint density at radius 2 is 2.10 bits per heavy atom. The molecule has 0 N–H and O–H groups in total. The SMILES string of the molecule is CCCC(Br)(Br)c1cccc2nc(OCC)oc(=O)c12. The smallest absolute Gasteiger partial charge is 0.397 e. The first-order chi connectivity index (χ1) is 9.49. The molecule has 0 saturated heterocycles. The Balaban J connectivity index is 2.67. The van der Waals surface area contributed by atoms with Crippen LogP contribution in [0.4, 0.5) is 0 Å². The average molecular weight is 405 g/mol. The molecule has 1 aromatic carbocycles. The number of rotatable bonds is 5. The largest absolute Gasteiger partial charge is 0.450 e. The van der Waals surface area contributed by atoms with Gasteiger partial charge in [0.1, 0.15) is 3.23 Å². The number of ether oxygens (including phenoxy) is 1. The summed E-state index contributed by atoms with van der Waals surface area (Å²) < 4.78 is 9.82. The van der Waals surface area contributed by atoms with Crippen LogP contribution in [-0.2, 0) is 3.23 Å². The third kappa shape index (κ3) is 3.06. The third-order valence-electron chi connectivity index (χ3n) is 2.86. The van der Waals surface area contributed by atoms with E-state index in [1.165, 1.54) is 0 Å². The van der Waals surface area contributed by atoms with Gasteiger partial charge in [0, 0.05) is 0 Å². The Labute approximate surface area is 133 Å². The summed E-state index contributed by atoms with van der Waals surface area (Å²) in [6.45, 7) is 4.29. The highest BCUT2D eigenvalue weighted by Gasteiger charge is 2.28. The molecule has 2 aromatic rings. The van der Waals surface area contributed by atoms with Crippen LogP contribution in [0.5, 0.6) is 6.08 Å². The zero-order valence-electron chi connectivity index (χ0n) is 11.3. The molecule has 0 aliphatic heterocycles. The molecule has 0 fully saturated rings. The number of alkyl halides is 2. The predicted molar refractivity (Wildman–Crippen MR) is 85.9 cm³/mol. The Hall–Kier alpha value is -0.880. The summed E-state index contributed by atoms with van der Waals surface area (Å²) in [6.07, 6.45) is 1.80. The van der Waals surface area contributed by atoms with Gasteiger partial charge in [0.05, 0.1) is 17.5 Å². The van der Waals surface area contributed by atoms with Crippen molar-refractivity contribution in [3.05, 3.63) is 34.2 Å². The standard InChI is InChI=1S/C14H15Br2NO3/c1-3-8-14(15,16)9-6-5-7-10-11(9)12(18)20-13(17-10)19-4-2/h5-7H,3-4,8H2,1-2H3. The van der Waals surface area contributed by atoms with Crippen LogP contribution in [0.1, 0.15) is 32.3 Å². The van der Waals surface area contributed by atoms with Crippen molar-refractivity contribution in [2.45, 2.75) is 29.9 Å². The van der Waals surface area contributed by atoms with E-state index < -0.39 is 8.86 Å². The van der Waals surface area contributed by atoms with Crippen LogP contribution >= 0.6 is 31.9 Å². The zero-order chi connectivity index (χ0) is 14.8. The molecule has 0 radical (unpaired) electrons. The van der Waals surface area contributed by atoms with Crippen molar-refractivity contribution in [2.75, 3.05) is 6.61 Å². The second-order valence-corrected chi connectivity index (χ2v) is 8.13. The van der Waals surface area contributed by atoms with Crippen molar-refractivity contribution >= 4 is 42.8 Å². The van der Waals surface area contributed by atoms with E-state index in [0.29, 0.717) is 17.5 Å². The van der Waals surface area contributed by atoms with Crippen molar-refractivity contribution in [1.82, 2.24) is 4.98 Å². The van der Waals surface area contributed by atoms with Gasteiger partial charge in [-0.25, -0.2) is 4.79 Å². The molecule has 6 heteroatoms. The molecule has 4 nitrogen and oxygen atoms in total. The molecule has 0 aliphatic rings. The average Bonchev–Trinajstić information content (AvgIpc) is 2.38. The summed E-state index contributed by atoms with van der Waals surface area (Å²) in [5.41, 5.74) is 0.955. The molecule has 0 saturated carbocycles. The summed E-state index contributed by atoms with van der Waals surface area (Å²) in [4.78, 5) is 16.4. The van der Waals surface area contributed by atoms with E-state index in [1.54, 1.807) is 6.07 Å². The summed E-state index contributed by atoms with van der Waals surface area (Å²) in [5.74, 6) is 0. The van der Waals surface area contributed by atoms with Crippen molar-refractivity contribution < 1.29 is 9.15 Å². The van der Waals surface area contributed by atoms with Gasteiger partial charge in [-0.3, -0.25) is 0 Å². The molecule has 0 unspecified atom stereocenters. The Kier molecular flexibility index (Phi) is 4.86. The highest BCUT2D eigenvalue weighted by molar-refractivity contribution is 9.24. The van der Waals surface area contributed by atoms with E-state index in [2.05, 4.69) is 43.8 Å². The Bertz CT molecular complexity index is 667. The van der Waals surface area contributed by atoms with Gasteiger partial charge in [-0.1, -0.05) is 57.3 Å². The maximum atomic E-state index is 12.2. The molecule has 1 heterocycles. The maximum Gasteiger partial charge on any atom is 0.397 e. The van der Waals surface area contributed by atoms with Gasteiger partial charge < -0.3 is 9.15 Å². The Morgan fingerprint density at radius 3 is 2.75 bits per heavy atom. The predicted octanol–water partition coefficient (Wildman–Crippen LogP) is 4.33. The van der Waals surface area contributed by atoms with Gasteiger partial charge in [-0.15, -0.1) is 0 Å². The fraction of sp³-hybridized carbons (Fsp3) is 0.429. The number of hydrogen-bond donors (Lipinski definition) is 0. The molecule has 1 aromatic heterocycles. The first-order valence-corrected chi connectivity index (χ1v) is 8.03. The van der Waals surface area contributed by atoms with Crippen molar-refractivity contribution in [3.63, 3.8) is 0 Å². The molecule has 0 bridgehead atoms. The van der Waals surface area contributed by atoms with Crippen molar-refractivity contribution in [2.24, 2.45) is 0 Å². The van der Waals surface area contributed by atoms with E-state index in [4.69, 9.17) is 9.15 Å². The lowest BCUT2D eigenvalue weighted by atomic mass is 10.0. The molecular weight excluding hydrogens is 390 g/mol. The van der Waals surface area contributed by atoms with Gasteiger partial charge in [0.15, 0.2) is 0 Å². The topological polar surface area (TPSA) is 52.3 Å². The van der Waals surface area contributed by atoms with Gasteiger partial charge in [-0.2, -0.15) is 4.98 Å². The quantitative estimate of drug-likeness (QED) is 0.696. The van der Waals surface area contributed by atoms with Gasteiger partial charge in [0.25, 0.3) is 0 Å². The van der Waals surface area contributed by atoms with Crippen LogP contribution in [0, 0.1) is 0 Å². The van der Waals surface area contributed by atoms with E-state index in [9.17, 15) is 4.79 Å². The fourth-order valence-corrected chi connectivity index (χ4v) is 3.49. The second-order valence-electron chi connectivity index (χ2n) is 4.35. The zero-order valence-corrected chi connectivity index (χ0v) is 14.5. The lowest BCUT2D eigenvalue weighted by Crippen LogP contribution is -2.14. The van der Waals surface area contributed by atoms with Crippen LogP contribution in [-0.4, -0.2) is 11.6 Å². The highest BCUT2D eigenvalue weighted by Crippen LogP contribution is 2.44. The fourth-order valence-electron chi connectivity index (χ4n) is 2.04. The summed E-state index contributed by atoms with van der Waals surface area (Å²) in [5, 5.41) is 0.471. The minimum Gasteiger partial charge on any atom is -0.450 e. The van der Waals surface area contributed by atoms with Crippen LogP contribution in [0.3, 0.4) is 0 Å². The Morgan fingerprint density at radius 1 is 1.35 bits per heavy atom. The van der Waals surface area contributed by atoms with Crippen LogP contribution in [0.2, 0.25) is 0 Å². The maximum absolute atomic E-state index is 12.2. The normalized spacial score (nSPS) is 11.8. The van der Waals surface area contributed by atoms with Crippen molar-refractivity contribution in [1.29, 1.82) is 0 Å². The van der Waals surface area contributed by atoms with Crippen molar-refractivity contribution in [3.8, 4) is 6.08 Å². The summed E-state index contributed by atoms with van der Waals surface area (Å²) in [7, 11) is 0. The number of aromatic nitrogens is 1. The molecule has 0 atom stereocenters. The number of fused-ring (bicyclic) bond motifs is 1. The third-order valence-corrected chi connectivity index (χ3v) is 4.51. The monoisotopic (exact) mass is 403 g/mol. The summed E-state index contributed by atoms with van der Waals surface area (Å²) in [6, 6.07) is 5.54. The van der Waals surface area contributed by atoms with Gasteiger partial charge in [0.2, 0.25) is 0 Å². The molecule has 0 spiro atoms. The van der Waals surface area contributed by atoms with E-state index >= 15 is 0 Å². The number of nitrogens with zero attached hydrogens (tertiary/aromatic N) is 1. The van der Waals surface area contributed by atoms with Gasteiger partial charge >= 0.3 is 11.7 Å². The lowest BCUT2D eigenvalue weighted by molar-refractivity contribution is 0.229. The first-order valence-electron chi connectivity index (χ1n) is 6.44. The molecule has 108 valence electrons. The molecular formula is C14H15Br2NO3. The van der Waals surface area contributed by atoms with Crippen LogP contribution in [0.15, 0.2) is 27.4 Å². The lowest BCUT2D eigenvalue weighted by Gasteiger charge is -2.21. The molecule has 20 heavy (non-hydrogen) atoms.